The van der Waals surface area contributed by atoms with E-state index < -0.39 is 23.6 Å². The molecule has 0 saturated carbocycles. The molecule has 2 aromatic carbocycles. The Morgan fingerprint density at radius 1 is 0.944 bits per heavy atom. The zero-order valence-corrected chi connectivity index (χ0v) is 19.5. The number of amides is 2. The van der Waals surface area contributed by atoms with Gasteiger partial charge in [0.05, 0.1) is 11.3 Å². The molecule has 0 radical (unpaired) electrons. The summed E-state index contributed by atoms with van der Waals surface area (Å²) in [7, 11) is 0. The lowest BCUT2D eigenvalue weighted by Gasteiger charge is -2.18. The Morgan fingerprint density at radius 2 is 1.67 bits per heavy atom. The summed E-state index contributed by atoms with van der Waals surface area (Å²) in [5, 5.41) is 9.79. The molecular formula is C28H25N5O3. The smallest absolute Gasteiger partial charge is 0.289 e. The lowest BCUT2D eigenvalue weighted by atomic mass is 10.0. The van der Waals surface area contributed by atoms with E-state index in [1.54, 1.807) is 24.5 Å². The van der Waals surface area contributed by atoms with Gasteiger partial charge in [0.2, 0.25) is 5.78 Å². The molecule has 180 valence electrons. The predicted octanol–water partition coefficient (Wildman–Crippen LogP) is 3.15. The van der Waals surface area contributed by atoms with Crippen molar-refractivity contribution in [2.24, 2.45) is 0 Å². The zero-order chi connectivity index (χ0) is 25.3. The van der Waals surface area contributed by atoms with Gasteiger partial charge in [-0.1, -0.05) is 66.7 Å². The van der Waals surface area contributed by atoms with Crippen LogP contribution in [-0.2, 0) is 16.0 Å². The topological polar surface area (TPSA) is 106 Å². The maximum Gasteiger partial charge on any atom is 0.289 e. The lowest BCUT2D eigenvalue weighted by molar-refractivity contribution is -0.138. The summed E-state index contributed by atoms with van der Waals surface area (Å²) in [6, 6.07) is 22.8. The molecule has 0 unspecified atom stereocenters. The van der Waals surface area contributed by atoms with Gasteiger partial charge in [-0.3, -0.25) is 14.4 Å². The van der Waals surface area contributed by atoms with Crippen molar-refractivity contribution in [2.45, 2.75) is 12.5 Å². The van der Waals surface area contributed by atoms with Gasteiger partial charge in [-0.15, -0.1) is 6.58 Å². The molecule has 0 saturated heterocycles. The summed E-state index contributed by atoms with van der Waals surface area (Å²) in [6.07, 6.45) is 4.91. The van der Waals surface area contributed by atoms with Crippen LogP contribution >= 0.6 is 0 Å². The quantitative estimate of drug-likeness (QED) is 0.269. The highest BCUT2D eigenvalue weighted by Crippen LogP contribution is 2.19. The molecule has 8 heteroatoms. The summed E-state index contributed by atoms with van der Waals surface area (Å²) in [5.41, 5.74) is 2.68. The summed E-state index contributed by atoms with van der Waals surface area (Å²) in [4.78, 5) is 43.1. The molecule has 0 aliphatic carbocycles. The van der Waals surface area contributed by atoms with Crippen molar-refractivity contribution in [1.82, 2.24) is 25.4 Å². The van der Waals surface area contributed by atoms with Crippen molar-refractivity contribution in [3.8, 4) is 17.1 Å². The van der Waals surface area contributed by atoms with Gasteiger partial charge in [0.15, 0.2) is 5.82 Å². The van der Waals surface area contributed by atoms with Crippen LogP contribution in [0.4, 0.5) is 0 Å². The number of Topliss-reactive ketones (excluding diaryl/α,β-unsaturated/α-hetero) is 1. The van der Waals surface area contributed by atoms with E-state index in [9.17, 15) is 14.4 Å². The Kier molecular flexibility index (Phi) is 7.77. The Labute approximate surface area is 208 Å². The van der Waals surface area contributed by atoms with Crippen LogP contribution in [0.2, 0.25) is 0 Å². The Hall–Kier alpha value is -4.85. The Morgan fingerprint density at radius 3 is 2.39 bits per heavy atom. The average molecular weight is 480 g/mol. The largest absolute Gasteiger partial charge is 0.346 e. The predicted molar refractivity (Wildman–Crippen MR) is 136 cm³/mol. The fourth-order valence-electron chi connectivity index (χ4n) is 3.67. The van der Waals surface area contributed by atoms with Gasteiger partial charge in [-0.25, -0.2) is 9.67 Å². The van der Waals surface area contributed by atoms with Crippen molar-refractivity contribution < 1.29 is 14.4 Å². The zero-order valence-electron chi connectivity index (χ0n) is 19.5. The molecule has 0 bridgehead atoms. The summed E-state index contributed by atoms with van der Waals surface area (Å²) < 4.78 is 1.52. The molecule has 2 amide bonds. The van der Waals surface area contributed by atoms with E-state index in [1.165, 1.54) is 10.8 Å². The number of carbonyl (C=O) groups excluding carboxylic acids is 3. The van der Waals surface area contributed by atoms with Gasteiger partial charge in [-0.2, -0.15) is 5.10 Å². The van der Waals surface area contributed by atoms with Crippen LogP contribution in [-0.4, -0.2) is 44.9 Å². The molecule has 1 atom stereocenters. The molecule has 0 aliphatic rings. The van der Waals surface area contributed by atoms with E-state index >= 15 is 0 Å². The molecular weight excluding hydrogens is 454 g/mol. The first-order valence-corrected chi connectivity index (χ1v) is 11.4. The van der Waals surface area contributed by atoms with Gasteiger partial charge in [0, 0.05) is 30.9 Å². The highest BCUT2D eigenvalue weighted by atomic mass is 16.2. The third-order valence-electron chi connectivity index (χ3n) is 5.44. The average Bonchev–Trinajstić information content (AvgIpc) is 3.42. The van der Waals surface area contributed by atoms with Crippen molar-refractivity contribution >= 4 is 17.6 Å². The minimum Gasteiger partial charge on any atom is -0.346 e. The number of carbonyl (C=O) groups is 3. The normalized spacial score (nSPS) is 11.3. The lowest BCUT2D eigenvalue weighted by Crippen LogP contribution is -2.48. The van der Waals surface area contributed by atoms with E-state index in [0.29, 0.717) is 5.82 Å². The number of hydrogen-bond donors (Lipinski definition) is 2. The van der Waals surface area contributed by atoms with Gasteiger partial charge in [0.25, 0.3) is 11.8 Å². The monoisotopic (exact) mass is 479 g/mol. The van der Waals surface area contributed by atoms with Gasteiger partial charge in [-0.05, 0) is 23.8 Å². The van der Waals surface area contributed by atoms with Gasteiger partial charge < -0.3 is 10.6 Å². The summed E-state index contributed by atoms with van der Waals surface area (Å²) in [6.45, 7) is 3.69. The number of nitrogens with zero attached hydrogens (tertiary/aromatic N) is 3. The maximum absolute atomic E-state index is 13.4. The fraction of sp³-hybridized carbons (Fsp3) is 0.107. The second-order valence-corrected chi connectivity index (χ2v) is 7.96. The van der Waals surface area contributed by atoms with E-state index in [1.807, 2.05) is 66.7 Å². The summed E-state index contributed by atoms with van der Waals surface area (Å²) in [5.74, 6) is -1.77. The number of pyridine rings is 1. The van der Waals surface area contributed by atoms with Gasteiger partial charge >= 0.3 is 0 Å². The molecule has 0 fully saturated rings. The number of ketones is 1. The van der Waals surface area contributed by atoms with Crippen LogP contribution in [0, 0.1) is 0 Å². The number of nitrogens with one attached hydrogen (secondary N) is 2. The standard InChI is InChI=1S/C28H25N5O3/c1-2-16-30-28(36)25(34)24(19-20-10-5-3-6-11-20)31-27(35)22-14-9-17-29-26(22)33-18-15-23(32-33)21-12-7-4-8-13-21/h2-15,17-18,24H,1,16,19H2,(H,30,36)(H,31,35)/t24-/m0/s1. The van der Waals surface area contributed by atoms with Crippen LogP contribution in [0.15, 0.2) is 104 Å². The third kappa shape index (κ3) is 5.79. The molecule has 4 rings (SSSR count). The summed E-state index contributed by atoms with van der Waals surface area (Å²) >= 11 is 0. The minimum atomic E-state index is -1.07. The second kappa shape index (κ2) is 11.5. The first-order chi connectivity index (χ1) is 17.6. The van der Waals surface area contributed by atoms with E-state index in [4.69, 9.17) is 0 Å². The van der Waals surface area contributed by atoms with Gasteiger partial charge in [0.1, 0.15) is 6.04 Å². The molecule has 36 heavy (non-hydrogen) atoms. The Balaban J connectivity index is 1.60. The van der Waals surface area contributed by atoms with Crippen LogP contribution in [0.5, 0.6) is 0 Å². The SMILES string of the molecule is C=CCNC(=O)C(=O)[C@H](Cc1ccccc1)NC(=O)c1cccnc1-n1ccc(-c2ccccc2)n1. The first-order valence-electron chi connectivity index (χ1n) is 11.4. The van der Waals surface area contributed by atoms with Crippen LogP contribution in [0.25, 0.3) is 17.1 Å². The molecule has 2 N–H and O–H groups in total. The van der Waals surface area contributed by atoms with Crippen LogP contribution in [0.3, 0.4) is 0 Å². The van der Waals surface area contributed by atoms with E-state index in [2.05, 4.69) is 27.3 Å². The van der Waals surface area contributed by atoms with Crippen molar-refractivity contribution in [1.29, 1.82) is 0 Å². The van der Waals surface area contributed by atoms with Crippen molar-refractivity contribution in [2.75, 3.05) is 6.54 Å². The highest BCUT2D eigenvalue weighted by Gasteiger charge is 2.28. The molecule has 2 heterocycles. The molecule has 4 aromatic rings. The first kappa shape index (κ1) is 24.3. The minimum absolute atomic E-state index is 0.145. The molecule has 0 spiro atoms. The number of aromatic nitrogens is 3. The maximum atomic E-state index is 13.4. The third-order valence-corrected chi connectivity index (χ3v) is 5.44. The van der Waals surface area contributed by atoms with Crippen LogP contribution < -0.4 is 10.6 Å². The molecule has 2 aromatic heterocycles. The number of rotatable bonds is 10. The van der Waals surface area contributed by atoms with Crippen molar-refractivity contribution in [3.63, 3.8) is 0 Å². The van der Waals surface area contributed by atoms with Crippen molar-refractivity contribution in [3.05, 3.63) is 115 Å². The van der Waals surface area contributed by atoms with E-state index in [0.717, 1.165) is 16.8 Å². The molecule has 0 aliphatic heterocycles. The number of hydrogen-bond acceptors (Lipinski definition) is 5. The molecule has 8 nitrogen and oxygen atoms in total. The van der Waals surface area contributed by atoms with Crippen LogP contribution in [0.1, 0.15) is 15.9 Å². The highest BCUT2D eigenvalue weighted by molar-refractivity contribution is 6.38. The Bertz CT molecular complexity index is 1370. The van der Waals surface area contributed by atoms with E-state index in [-0.39, 0.29) is 18.5 Å². The second-order valence-electron chi connectivity index (χ2n) is 7.96. The fourth-order valence-corrected chi connectivity index (χ4v) is 3.67. The number of benzene rings is 2.